The molecule has 0 aliphatic carbocycles. The molecule has 0 aromatic heterocycles. The lowest BCUT2D eigenvalue weighted by Gasteiger charge is -2.06. The molecular weight excluding hydrogens is 264 g/mol. The van der Waals surface area contributed by atoms with Crippen LogP contribution in [-0.4, -0.2) is 5.88 Å². The first-order valence-electron chi connectivity index (χ1n) is 9.37. The van der Waals surface area contributed by atoms with Crippen molar-refractivity contribution in [3.05, 3.63) is 0 Å². The first-order chi connectivity index (χ1) is 9.81. The van der Waals surface area contributed by atoms with Gasteiger partial charge in [0.05, 0.1) is 0 Å². The fraction of sp³-hybridized carbons (Fsp3) is 1.00. The highest BCUT2D eigenvalue weighted by Crippen LogP contribution is 2.15. The lowest BCUT2D eigenvalue weighted by atomic mass is 10.0. The molecule has 0 N–H and O–H groups in total. The Morgan fingerprint density at radius 2 is 0.950 bits per heavy atom. The van der Waals surface area contributed by atoms with Gasteiger partial charge in [0.1, 0.15) is 0 Å². The molecule has 0 spiro atoms. The summed E-state index contributed by atoms with van der Waals surface area (Å²) in [5.41, 5.74) is 0. The van der Waals surface area contributed by atoms with Crippen molar-refractivity contribution in [2.45, 2.75) is 110 Å². The third-order valence-corrected chi connectivity index (χ3v) is 4.84. The maximum atomic E-state index is 5.81. The second-order valence-corrected chi connectivity index (χ2v) is 6.95. The summed E-state index contributed by atoms with van der Waals surface area (Å²) in [5.74, 6) is 1.55. The number of alkyl halides is 1. The van der Waals surface area contributed by atoms with E-state index in [2.05, 4.69) is 13.8 Å². The highest BCUT2D eigenvalue weighted by Gasteiger charge is 1.99. The lowest BCUT2D eigenvalue weighted by molar-refractivity contribution is 0.505. The average molecular weight is 303 g/mol. The van der Waals surface area contributed by atoms with E-state index in [-0.39, 0.29) is 0 Å². The van der Waals surface area contributed by atoms with Crippen molar-refractivity contribution < 1.29 is 0 Å². The number of rotatable bonds is 16. The molecule has 0 radical (unpaired) electrons. The predicted molar refractivity (Wildman–Crippen MR) is 94.8 cm³/mol. The maximum absolute atomic E-state index is 5.81. The summed E-state index contributed by atoms with van der Waals surface area (Å²) in [6, 6.07) is 0. The van der Waals surface area contributed by atoms with Crippen molar-refractivity contribution in [3.63, 3.8) is 0 Å². The molecule has 0 aromatic rings. The first-order valence-corrected chi connectivity index (χ1v) is 9.90. The minimum absolute atomic E-state index is 0.717. The van der Waals surface area contributed by atoms with Gasteiger partial charge in [0, 0.05) is 5.88 Å². The minimum atomic E-state index is 0.717. The van der Waals surface area contributed by atoms with Crippen molar-refractivity contribution in [1.82, 2.24) is 0 Å². The SMILES string of the molecule is CCCCCCCCCCCCCCCCC(C)CCl. The minimum Gasteiger partial charge on any atom is -0.126 e. The normalized spacial score (nSPS) is 12.8. The fourth-order valence-corrected chi connectivity index (χ4v) is 2.92. The second-order valence-electron chi connectivity index (χ2n) is 6.64. The van der Waals surface area contributed by atoms with Crippen LogP contribution >= 0.6 is 11.6 Å². The number of halogens is 1. The second kappa shape index (κ2) is 17.3. The molecule has 1 heteroatoms. The molecule has 0 aromatic carbocycles. The zero-order valence-corrected chi connectivity index (χ0v) is 15.0. The monoisotopic (exact) mass is 302 g/mol. The van der Waals surface area contributed by atoms with E-state index < -0.39 is 0 Å². The van der Waals surface area contributed by atoms with Gasteiger partial charge in [-0.1, -0.05) is 104 Å². The van der Waals surface area contributed by atoms with E-state index in [0.717, 1.165) is 5.88 Å². The van der Waals surface area contributed by atoms with Crippen molar-refractivity contribution in [3.8, 4) is 0 Å². The van der Waals surface area contributed by atoms with Crippen molar-refractivity contribution in [2.75, 3.05) is 5.88 Å². The smallest absolute Gasteiger partial charge is 0.0249 e. The Labute approximate surface area is 134 Å². The standard InChI is InChI=1S/C19H39Cl/c1-3-4-5-6-7-8-9-10-11-12-13-14-15-16-17-19(2)18-20/h19H,3-18H2,1-2H3. The molecule has 0 saturated heterocycles. The van der Waals surface area contributed by atoms with E-state index >= 15 is 0 Å². The highest BCUT2D eigenvalue weighted by atomic mass is 35.5. The van der Waals surface area contributed by atoms with E-state index in [0.29, 0.717) is 5.92 Å². The maximum Gasteiger partial charge on any atom is 0.0249 e. The summed E-state index contributed by atoms with van der Waals surface area (Å²) in [7, 11) is 0. The predicted octanol–water partition coefficient (Wildman–Crippen LogP) is 7.73. The Kier molecular flexibility index (Phi) is 17.6. The zero-order valence-electron chi connectivity index (χ0n) is 14.3. The summed E-state index contributed by atoms with van der Waals surface area (Å²) in [6.45, 7) is 4.55. The van der Waals surface area contributed by atoms with E-state index in [1.165, 1.54) is 96.3 Å². The van der Waals surface area contributed by atoms with E-state index in [1.807, 2.05) is 0 Å². The van der Waals surface area contributed by atoms with Crippen LogP contribution in [-0.2, 0) is 0 Å². The van der Waals surface area contributed by atoms with E-state index in [1.54, 1.807) is 0 Å². The lowest BCUT2D eigenvalue weighted by Crippen LogP contribution is -1.95. The van der Waals surface area contributed by atoms with Gasteiger partial charge >= 0.3 is 0 Å². The Morgan fingerprint density at radius 1 is 0.600 bits per heavy atom. The van der Waals surface area contributed by atoms with Crippen LogP contribution in [0.5, 0.6) is 0 Å². The molecule has 0 aliphatic rings. The zero-order chi connectivity index (χ0) is 14.9. The summed E-state index contributed by atoms with van der Waals surface area (Å²) in [4.78, 5) is 0. The average Bonchev–Trinajstić information content (AvgIpc) is 2.47. The molecule has 0 heterocycles. The third kappa shape index (κ3) is 16.3. The molecule has 0 amide bonds. The molecular formula is C19H39Cl. The van der Waals surface area contributed by atoms with Crippen molar-refractivity contribution in [2.24, 2.45) is 5.92 Å². The fourth-order valence-electron chi connectivity index (χ4n) is 2.76. The molecule has 1 unspecified atom stereocenters. The Morgan fingerprint density at radius 3 is 1.30 bits per heavy atom. The van der Waals surface area contributed by atoms with Crippen molar-refractivity contribution in [1.29, 1.82) is 0 Å². The molecule has 0 saturated carbocycles. The van der Waals surface area contributed by atoms with Gasteiger partial charge in [-0.3, -0.25) is 0 Å². The molecule has 0 fully saturated rings. The third-order valence-electron chi connectivity index (χ3n) is 4.31. The number of hydrogen-bond acceptors (Lipinski definition) is 0. The van der Waals surface area contributed by atoms with Crippen molar-refractivity contribution >= 4 is 11.6 Å². The van der Waals surface area contributed by atoms with Crippen LogP contribution in [0.1, 0.15) is 110 Å². The number of hydrogen-bond donors (Lipinski definition) is 0. The van der Waals surface area contributed by atoms with Gasteiger partial charge in [-0.15, -0.1) is 11.6 Å². The van der Waals surface area contributed by atoms with Gasteiger partial charge in [0.2, 0.25) is 0 Å². The van der Waals surface area contributed by atoms with Crippen LogP contribution in [0.3, 0.4) is 0 Å². The van der Waals surface area contributed by atoms with Crippen LogP contribution < -0.4 is 0 Å². The molecule has 0 nitrogen and oxygen atoms in total. The molecule has 1 atom stereocenters. The van der Waals surface area contributed by atoms with Gasteiger partial charge in [0.25, 0.3) is 0 Å². The molecule has 0 bridgehead atoms. The summed E-state index contributed by atoms with van der Waals surface area (Å²) in [6.07, 6.45) is 21.5. The van der Waals surface area contributed by atoms with Crippen LogP contribution in [0, 0.1) is 5.92 Å². The largest absolute Gasteiger partial charge is 0.126 e. The molecule has 122 valence electrons. The molecule has 0 aliphatic heterocycles. The van der Waals surface area contributed by atoms with Gasteiger partial charge < -0.3 is 0 Å². The Bertz CT molecular complexity index is 167. The quantitative estimate of drug-likeness (QED) is 0.202. The van der Waals surface area contributed by atoms with Gasteiger partial charge in [-0.05, 0) is 12.3 Å². The molecule has 20 heavy (non-hydrogen) atoms. The summed E-state index contributed by atoms with van der Waals surface area (Å²) >= 11 is 5.81. The van der Waals surface area contributed by atoms with Crippen LogP contribution in [0.15, 0.2) is 0 Å². The topological polar surface area (TPSA) is 0 Å². The van der Waals surface area contributed by atoms with Crippen LogP contribution in [0.4, 0.5) is 0 Å². The number of unbranched alkanes of at least 4 members (excludes halogenated alkanes) is 13. The van der Waals surface area contributed by atoms with E-state index in [4.69, 9.17) is 11.6 Å². The first kappa shape index (κ1) is 20.3. The van der Waals surface area contributed by atoms with Gasteiger partial charge in [-0.2, -0.15) is 0 Å². The van der Waals surface area contributed by atoms with Gasteiger partial charge in [-0.25, -0.2) is 0 Å². The Hall–Kier alpha value is 0.290. The van der Waals surface area contributed by atoms with Crippen LogP contribution in [0.2, 0.25) is 0 Å². The molecule has 0 rings (SSSR count). The van der Waals surface area contributed by atoms with Gasteiger partial charge in [0.15, 0.2) is 0 Å². The van der Waals surface area contributed by atoms with E-state index in [9.17, 15) is 0 Å². The Balaban J connectivity index is 2.96. The summed E-state index contributed by atoms with van der Waals surface area (Å²) in [5, 5.41) is 0. The highest BCUT2D eigenvalue weighted by molar-refractivity contribution is 6.18. The van der Waals surface area contributed by atoms with Crippen LogP contribution in [0.25, 0.3) is 0 Å². The summed E-state index contributed by atoms with van der Waals surface area (Å²) < 4.78 is 0.